The number of carboxylic acid groups (broad SMARTS) is 1. The van der Waals surface area contributed by atoms with Crippen molar-refractivity contribution in [3.63, 3.8) is 0 Å². The number of rotatable bonds is 3. The van der Waals surface area contributed by atoms with E-state index < -0.39 is 18.4 Å². The van der Waals surface area contributed by atoms with Crippen molar-refractivity contribution in [2.45, 2.75) is 0 Å². The molecular weight excluding hydrogens is 264 g/mol. The number of amides is 1. The predicted octanol–water partition coefficient (Wildman–Crippen LogP) is 0.846. The van der Waals surface area contributed by atoms with E-state index in [0.717, 1.165) is 0 Å². The van der Waals surface area contributed by atoms with Gasteiger partial charge in [0.25, 0.3) is 5.91 Å². The highest BCUT2D eigenvalue weighted by Gasteiger charge is 2.08. The summed E-state index contributed by atoms with van der Waals surface area (Å²) in [7, 11) is 0. The summed E-state index contributed by atoms with van der Waals surface area (Å²) in [6.45, 7) is -0.402. The van der Waals surface area contributed by atoms with E-state index in [4.69, 9.17) is 10.8 Å². The largest absolute Gasteiger partial charge is 0.480 e. The molecule has 6 heteroatoms. The Morgan fingerprint density at radius 3 is 2.67 bits per heavy atom. The number of anilines is 1. The van der Waals surface area contributed by atoms with Crippen molar-refractivity contribution in [1.29, 1.82) is 0 Å². The topological polar surface area (TPSA) is 92.4 Å². The average Bonchev–Trinajstić information content (AvgIpc) is 2.18. The van der Waals surface area contributed by atoms with Gasteiger partial charge in [0, 0.05) is 15.7 Å². The minimum atomic E-state index is -1.09. The van der Waals surface area contributed by atoms with Crippen LogP contribution in [-0.2, 0) is 4.79 Å². The first-order valence-electron chi connectivity index (χ1n) is 4.05. The molecule has 0 aliphatic carbocycles. The maximum Gasteiger partial charge on any atom is 0.322 e. The standard InChI is InChI=1S/C9H9BrN2O3/c10-6-3-5(1-2-7(6)11)9(15)12-4-8(13)14/h1-3H,4,11H2,(H,12,15)(H,13,14). The van der Waals surface area contributed by atoms with Crippen LogP contribution >= 0.6 is 15.9 Å². The molecule has 0 aliphatic rings. The van der Waals surface area contributed by atoms with E-state index in [-0.39, 0.29) is 0 Å². The molecule has 1 amide bonds. The van der Waals surface area contributed by atoms with Crippen LogP contribution in [0.3, 0.4) is 0 Å². The Bertz CT molecular complexity index is 406. The van der Waals surface area contributed by atoms with Gasteiger partial charge in [-0.25, -0.2) is 0 Å². The summed E-state index contributed by atoms with van der Waals surface area (Å²) in [6, 6.07) is 4.63. The fourth-order valence-corrected chi connectivity index (χ4v) is 1.31. The summed E-state index contributed by atoms with van der Waals surface area (Å²) < 4.78 is 0.602. The lowest BCUT2D eigenvalue weighted by molar-refractivity contribution is -0.135. The number of nitrogen functional groups attached to an aromatic ring is 1. The summed E-state index contributed by atoms with van der Waals surface area (Å²) in [5.41, 5.74) is 6.42. The minimum Gasteiger partial charge on any atom is -0.480 e. The van der Waals surface area contributed by atoms with Crippen LogP contribution in [0.25, 0.3) is 0 Å². The number of aliphatic carboxylic acids is 1. The molecule has 0 aliphatic heterocycles. The Labute approximate surface area is 94.4 Å². The van der Waals surface area contributed by atoms with Crippen LogP contribution in [0.15, 0.2) is 22.7 Å². The van der Waals surface area contributed by atoms with Crippen LogP contribution in [-0.4, -0.2) is 23.5 Å². The molecule has 15 heavy (non-hydrogen) atoms. The van der Waals surface area contributed by atoms with E-state index in [9.17, 15) is 9.59 Å². The highest BCUT2D eigenvalue weighted by molar-refractivity contribution is 9.10. The first kappa shape index (κ1) is 11.5. The SMILES string of the molecule is Nc1ccc(C(=O)NCC(=O)O)cc1Br. The van der Waals surface area contributed by atoms with E-state index in [1.807, 2.05) is 0 Å². The third-order valence-corrected chi connectivity index (χ3v) is 2.35. The molecule has 0 saturated heterocycles. The third kappa shape index (κ3) is 3.25. The average molecular weight is 273 g/mol. The molecular formula is C9H9BrN2O3. The third-order valence-electron chi connectivity index (χ3n) is 1.66. The van der Waals surface area contributed by atoms with E-state index >= 15 is 0 Å². The molecule has 1 aromatic rings. The number of carboxylic acids is 1. The second-order valence-electron chi connectivity index (χ2n) is 2.81. The summed E-state index contributed by atoms with van der Waals surface area (Å²) in [6.07, 6.45) is 0. The molecule has 0 saturated carbocycles. The number of halogens is 1. The number of hydrogen-bond donors (Lipinski definition) is 3. The summed E-state index contributed by atoms with van der Waals surface area (Å²) in [4.78, 5) is 21.6. The van der Waals surface area contributed by atoms with Crippen LogP contribution in [0.4, 0.5) is 5.69 Å². The molecule has 0 aromatic heterocycles. The number of carbonyl (C=O) groups is 2. The van der Waals surface area contributed by atoms with Crippen molar-refractivity contribution in [2.24, 2.45) is 0 Å². The molecule has 0 atom stereocenters. The van der Waals surface area contributed by atoms with Gasteiger partial charge in [-0.3, -0.25) is 9.59 Å². The summed E-state index contributed by atoms with van der Waals surface area (Å²) >= 11 is 3.17. The first-order valence-corrected chi connectivity index (χ1v) is 4.85. The number of carbonyl (C=O) groups excluding carboxylic acids is 1. The summed E-state index contributed by atoms with van der Waals surface area (Å²) in [5.74, 6) is -1.53. The van der Waals surface area contributed by atoms with Crippen molar-refractivity contribution in [2.75, 3.05) is 12.3 Å². The molecule has 0 bridgehead atoms. The Kier molecular flexibility index (Phi) is 3.68. The number of nitrogens with two attached hydrogens (primary N) is 1. The molecule has 0 radical (unpaired) electrons. The van der Waals surface area contributed by atoms with Gasteiger partial charge in [0.15, 0.2) is 0 Å². The molecule has 0 spiro atoms. The molecule has 0 fully saturated rings. The summed E-state index contributed by atoms with van der Waals surface area (Å²) in [5, 5.41) is 10.6. The van der Waals surface area contributed by atoms with Crippen LogP contribution < -0.4 is 11.1 Å². The molecule has 4 N–H and O–H groups in total. The smallest absolute Gasteiger partial charge is 0.322 e. The lowest BCUT2D eigenvalue weighted by Gasteiger charge is -2.04. The second kappa shape index (κ2) is 4.79. The van der Waals surface area contributed by atoms with Crippen LogP contribution in [0.2, 0.25) is 0 Å². The maximum absolute atomic E-state index is 11.4. The lowest BCUT2D eigenvalue weighted by atomic mass is 10.2. The zero-order chi connectivity index (χ0) is 11.4. The number of hydrogen-bond acceptors (Lipinski definition) is 3. The number of nitrogens with one attached hydrogen (secondary N) is 1. The van der Waals surface area contributed by atoms with Crippen LogP contribution in [0, 0.1) is 0 Å². The van der Waals surface area contributed by atoms with Gasteiger partial charge in [-0.05, 0) is 34.1 Å². The Balaban J connectivity index is 2.74. The van der Waals surface area contributed by atoms with Gasteiger partial charge < -0.3 is 16.2 Å². The predicted molar refractivity (Wildman–Crippen MR) is 58.5 cm³/mol. The maximum atomic E-state index is 11.4. The van der Waals surface area contributed by atoms with Crippen molar-refractivity contribution in [3.8, 4) is 0 Å². The zero-order valence-electron chi connectivity index (χ0n) is 7.66. The van der Waals surface area contributed by atoms with Crippen molar-refractivity contribution >= 4 is 33.5 Å². The van der Waals surface area contributed by atoms with Gasteiger partial charge in [0.1, 0.15) is 6.54 Å². The van der Waals surface area contributed by atoms with Gasteiger partial charge in [0.2, 0.25) is 0 Å². The van der Waals surface area contributed by atoms with Gasteiger partial charge in [0.05, 0.1) is 0 Å². The van der Waals surface area contributed by atoms with Gasteiger partial charge in [-0.2, -0.15) is 0 Å². The van der Waals surface area contributed by atoms with Crippen LogP contribution in [0.5, 0.6) is 0 Å². The molecule has 80 valence electrons. The monoisotopic (exact) mass is 272 g/mol. The van der Waals surface area contributed by atoms with Crippen LogP contribution in [0.1, 0.15) is 10.4 Å². The first-order chi connectivity index (χ1) is 7.00. The normalized spacial score (nSPS) is 9.67. The van der Waals surface area contributed by atoms with Gasteiger partial charge >= 0.3 is 5.97 Å². The minimum absolute atomic E-state index is 0.359. The molecule has 0 unspecified atom stereocenters. The van der Waals surface area contributed by atoms with E-state index in [2.05, 4.69) is 21.2 Å². The molecule has 0 heterocycles. The fraction of sp³-hybridized carbons (Fsp3) is 0.111. The Morgan fingerprint density at radius 2 is 2.13 bits per heavy atom. The molecule has 1 rings (SSSR count). The van der Waals surface area contributed by atoms with Crippen molar-refractivity contribution in [3.05, 3.63) is 28.2 Å². The van der Waals surface area contributed by atoms with Gasteiger partial charge in [-0.1, -0.05) is 0 Å². The second-order valence-corrected chi connectivity index (χ2v) is 3.67. The highest BCUT2D eigenvalue weighted by Crippen LogP contribution is 2.20. The Morgan fingerprint density at radius 1 is 1.47 bits per heavy atom. The van der Waals surface area contributed by atoms with E-state index in [1.165, 1.54) is 12.1 Å². The quantitative estimate of drug-likeness (QED) is 0.712. The number of benzene rings is 1. The fourth-order valence-electron chi connectivity index (χ4n) is 0.926. The lowest BCUT2D eigenvalue weighted by Crippen LogP contribution is -2.29. The van der Waals surface area contributed by atoms with Crippen molar-refractivity contribution in [1.82, 2.24) is 5.32 Å². The molecule has 5 nitrogen and oxygen atoms in total. The van der Waals surface area contributed by atoms with Crippen molar-refractivity contribution < 1.29 is 14.7 Å². The van der Waals surface area contributed by atoms with E-state index in [1.54, 1.807) is 6.07 Å². The zero-order valence-corrected chi connectivity index (χ0v) is 9.24. The highest BCUT2D eigenvalue weighted by atomic mass is 79.9. The molecule has 1 aromatic carbocycles. The van der Waals surface area contributed by atoms with Gasteiger partial charge in [-0.15, -0.1) is 0 Å². The van der Waals surface area contributed by atoms with E-state index in [0.29, 0.717) is 15.7 Å². The Hall–Kier alpha value is -1.56.